The lowest BCUT2D eigenvalue weighted by Crippen LogP contribution is -2.70. The van der Waals surface area contributed by atoms with E-state index in [2.05, 4.69) is 41.9 Å². The summed E-state index contributed by atoms with van der Waals surface area (Å²) in [7, 11) is 0. The number of benzene rings is 1. The number of nitrogens with zero attached hydrogens (tertiary/aromatic N) is 1. The Morgan fingerprint density at radius 3 is 3.17 bits per heavy atom. The number of amides is 2. The number of aryl methyl sites for hydroxylation is 1. The molecule has 24 heavy (non-hydrogen) atoms. The molecular weight excluding hydrogens is 340 g/mol. The van der Waals surface area contributed by atoms with Crippen LogP contribution in [0.3, 0.4) is 0 Å². The Morgan fingerprint density at radius 2 is 2.33 bits per heavy atom. The molecule has 4 heterocycles. The van der Waals surface area contributed by atoms with E-state index in [1.807, 2.05) is 22.7 Å². The van der Waals surface area contributed by atoms with Crippen molar-refractivity contribution in [1.29, 1.82) is 0 Å². The van der Waals surface area contributed by atoms with Crippen LogP contribution in [0.1, 0.15) is 28.5 Å². The van der Waals surface area contributed by atoms with Gasteiger partial charge < -0.3 is 10.1 Å². The molecule has 6 heteroatoms. The van der Waals surface area contributed by atoms with Gasteiger partial charge in [0.15, 0.2) is 0 Å². The number of carbonyl (C=O) groups excluding carboxylic acids is 1. The summed E-state index contributed by atoms with van der Waals surface area (Å²) in [6, 6.07) is 10.4. The number of nitrogens with one attached hydrogen (secondary N) is 1. The fourth-order valence-corrected chi connectivity index (χ4v) is 6.39. The number of rotatable bonds is 2. The zero-order valence-electron chi connectivity index (χ0n) is 13.3. The van der Waals surface area contributed by atoms with E-state index in [-0.39, 0.29) is 17.3 Å². The normalized spacial score (nSPS) is 30.4. The molecule has 2 saturated heterocycles. The standard InChI is InChI=1S/C18H18N2O2S2/c1-11-4-5-14-13(9-11)15-16-18(22-14,6-8-24-16)20(17(21)19-15)10-12-3-2-7-23-12/h2-5,7,9,15-16H,6,8,10H2,1H3,(H,19,21). The Hall–Kier alpha value is -1.66. The van der Waals surface area contributed by atoms with Gasteiger partial charge in [-0.1, -0.05) is 23.8 Å². The molecule has 1 aromatic heterocycles. The number of fused-ring (bicyclic) bond motifs is 2. The molecule has 0 radical (unpaired) electrons. The van der Waals surface area contributed by atoms with E-state index in [0.717, 1.165) is 23.5 Å². The minimum atomic E-state index is -0.524. The van der Waals surface area contributed by atoms with Crippen LogP contribution in [-0.2, 0) is 6.54 Å². The van der Waals surface area contributed by atoms with Crippen molar-refractivity contribution in [3.63, 3.8) is 0 Å². The fraction of sp³-hybridized carbons (Fsp3) is 0.389. The number of thioether (sulfide) groups is 1. The highest BCUT2D eigenvalue weighted by Crippen LogP contribution is 2.55. The molecule has 2 bridgehead atoms. The quantitative estimate of drug-likeness (QED) is 0.885. The molecule has 3 aliphatic rings. The maximum atomic E-state index is 12.9. The van der Waals surface area contributed by atoms with Crippen molar-refractivity contribution in [2.24, 2.45) is 0 Å². The zero-order valence-corrected chi connectivity index (χ0v) is 15.0. The molecule has 4 nitrogen and oxygen atoms in total. The number of carbonyl (C=O) groups is 1. The molecule has 0 aliphatic carbocycles. The van der Waals surface area contributed by atoms with Gasteiger partial charge in [0, 0.05) is 16.9 Å². The molecule has 124 valence electrons. The molecule has 2 amide bonds. The number of hydrogen-bond donors (Lipinski definition) is 1. The second-order valence-electron chi connectivity index (χ2n) is 6.62. The van der Waals surface area contributed by atoms with Gasteiger partial charge in [-0.05, 0) is 30.2 Å². The second kappa shape index (κ2) is 5.17. The molecule has 1 N–H and O–H groups in total. The Bertz CT molecular complexity index is 807. The summed E-state index contributed by atoms with van der Waals surface area (Å²) >= 11 is 3.60. The highest BCUT2D eigenvalue weighted by molar-refractivity contribution is 8.00. The van der Waals surface area contributed by atoms with Crippen molar-refractivity contribution in [2.45, 2.75) is 36.9 Å². The van der Waals surface area contributed by atoms with Gasteiger partial charge in [0.1, 0.15) is 5.75 Å². The van der Waals surface area contributed by atoms with Crippen molar-refractivity contribution in [3.05, 3.63) is 51.7 Å². The largest absolute Gasteiger partial charge is 0.466 e. The van der Waals surface area contributed by atoms with E-state index in [0.29, 0.717) is 6.54 Å². The minimum absolute atomic E-state index is 0.0145. The summed E-state index contributed by atoms with van der Waals surface area (Å²) in [4.78, 5) is 16.0. The van der Waals surface area contributed by atoms with Crippen molar-refractivity contribution >= 4 is 29.1 Å². The predicted molar refractivity (Wildman–Crippen MR) is 96.5 cm³/mol. The van der Waals surface area contributed by atoms with E-state index in [4.69, 9.17) is 4.74 Å². The number of thiophene rings is 1. The van der Waals surface area contributed by atoms with Crippen LogP contribution in [0.2, 0.25) is 0 Å². The maximum absolute atomic E-state index is 12.9. The molecule has 2 fully saturated rings. The smallest absolute Gasteiger partial charge is 0.321 e. The van der Waals surface area contributed by atoms with E-state index in [1.54, 1.807) is 11.3 Å². The van der Waals surface area contributed by atoms with Crippen LogP contribution in [0.15, 0.2) is 35.7 Å². The summed E-state index contributed by atoms with van der Waals surface area (Å²) in [6.07, 6.45) is 0.880. The monoisotopic (exact) mass is 358 g/mol. The number of hydrogen-bond acceptors (Lipinski definition) is 4. The molecule has 5 rings (SSSR count). The first-order valence-corrected chi connectivity index (χ1v) is 10.1. The molecule has 1 aromatic carbocycles. The van der Waals surface area contributed by atoms with Gasteiger partial charge >= 0.3 is 6.03 Å². The first-order chi connectivity index (χ1) is 11.7. The van der Waals surface area contributed by atoms with Crippen molar-refractivity contribution in [3.8, 4) is 5.75 Å². The molecule has 2 aromatic rings. The number of urea groups is 1. The molecule has 3 aliphatic heterocycles. The highest BCUT2D eigenvalue weighted by Gasteiger charge is 2.62. The number of ether oxygens (including phenoxy) is 1. The Labute approximate surface area is 149 Å². The van der Waals surface area contributed by atoms with Crippen molar-refractivity contribution in [1.82, 2.24) is 10.2 Å². The van der Waals surface area contributed by atoms with E-state index in [9.17, 15) is 4.79 Å². The van der Waals surface area contributed by atoms with Crippen LogP contribution >= 0.6 is 23.1 Å². The third-order valence-corrected chi connectivity index (χ3v) is 7.47. The van der Waals surface area contributed by atoms with E-state index >= 15 is 0 Å². The zero-order chi connectivity index (χ0) is 16.3. The van der Waals surface area contributed by atoms with Crippen LogP contribution in [0, 0.1) is 6.92 Å². The van der Waals surface area contributed by atoms with Gasteiger partial charge in [0.25, 0.3) is 0 Å². The minimum Gasteiger partial charge on any atom is -0.466 e. The van der Waals surface area contributed by atoms with Crippen molar-refractivity contribution in [2.75, 3.05) is 5.75 Å². The average Bonchev–Trinajstić information content (AvgIpc) is 3.21. The van der Waals surface area contributed by atoms with Crippen LogP contribution in [-0.4, -0.2) is 27.7 Å². The highest BCUT2D eigenvalue weighted by atomic mass is 32.2. The van der Waals surface area contributed by atoms with Gasteiger partial charge in [0.05, 0.1) is 17.8 Å². The lowest BCUT2D eigenvalue weighted by atomic mass is 9.87. The SMILES string of the molecule is Cc1ccc2c(c1)C1NC(=O)N(Cc3cccs3)C3(CCSC13)O2. The Kier molecular flexibility index (Phi) is 3.16. The van der Waals surface area contributed by atoms with Crippen LogP contribution in [0.25, 0.3) is 0 Å². The Morgan fingerprint density at radius 1 is 1.42 bits per heavy atom. The molecule has 0 saturated carbocycles. The van der Waals surface area contributed by atoms with Gasteiger partial charge in [0.2, 0.25) is 5.72 Å². The third kappa shape index (κ3) is 1.96. The van der Waals surface area contributed by atoms with E-state index < -0.39 is 5.72 Å². The first kappa shape index (κ1) is 14.7. The lowest BCUT2D eigenvalue weighted by molar-refractivity contribution is -0.0920. The predicted octanol–water partition coefficient (Wildman–Crippen LogP) is 3.92. The fourth-order valence-electron chi connectivity index (χ4n) is 4.07. The first-order valence-electron chi connectivity index (χ1n) is 8.19. The van der Waals surface area contributed by atoms with Crippen LogP contribution in [0.4, 0.5) is 4.79 Å². The summed E-state index contributed by atoms with van der Waals surface area (Å²) in [5.41, 5.74) is 1.79. The third-order valence-electron chi connectivity index (χ3n) is 5.17. The molecular formula is C18H18N2O2S2. The van der Waals surface area contributed by atoms with Crippen LogP contribution < -0.4 is 10.1 Å². The van der Waals surface area contributed by atoms with Gasteiger partial charge in [-0.2, -0.15) is 0 Å². The second-order valence-corrected chi connectivity index (χ2v) is 8.90. The van der Waals surface area contributed by atoms with Gasteiger partial charge in [-0.3, -0.25) is 4.90 Å². The van der Waals surface area contributed by atoms with Crippen molar-refractivity contribution < 1.29 is 9.53 Å². The van der Waals surface area contributed by atoms with Gasteiger partial charge in [-0.25, -0.2) is 4.79 Å². The summed E-state index contributed by atoms with van der Waals surface area (Å²) in [5.74, 6) is 1.94. The summed E-state index contributed by atoms with van der Waals surface area (Å²) in [5, 5.41) is 5.54. The topological polar surface area (TPSA) is 41.6 Å². The van der Waals surface area contributed by atoms with Gasteiger partial charge in [-0.15, -0.1) is 23.1 Å². The Balaban J connectivity index is 1.61. The summed E-state index contributed by atoms with van der Waals surface area (Å²) < 4.78 is 6.55. The van der Waals surface area contributed by atoms with Crippen LogP contribution in [0.5, 0.6) is 5.75 Å². The molecule has 0 spiro atoms. The molecule has 3 unspecified atom stereocenters. The summed E-state index contributed by atoms with van der Waals surface area (Å²) in [6.45, 7) is 2.69. The lowest BCUT2D eigenvalue weighted by Gasteiger charge is -2.54. The van der Waals surface area contributed by atoms with E-state index in [1.165, 1.54) is 10.4 Å². The maximum Gasteiger partial charge on any atom is 0.321 e. The average molecular weight is 358 g/mol. The molecule has 3 atom stereocenters.